The topological polar surface area (TPSA) is 86.2 Å². The minimum absolute atomic E-state index is 0.408. The van der Waals surface area contributed by atoms with E-state index in [9.17, 15) is 0 Å². The molecule has 0 saturated carbocycles. The van der Waals surface area contributed by atoms with Crippen LogP contribution < -0.4 is 15.8 Å². The van der Waals surface area contributed by atoms with Gasteiger partial charge in [-0.05, 0) is 18.2 Å². The first-order valence-corrected chi connectivity index (χ1v) is 7.41. The normalized spacial score (nSPS) is 11.1. The number of aromatic nitrogens is 2. The summed E-state index contributed by atoms with van der Waals surface area (Å²) in [5.74, 6) is 0.710. The number of hydrogen-bond donors (Lipinski definition) is 2. The molecule has 0 unspecified atom stereocenters. The van der Waals surface area contributed by atoms with E-state index >= 15 is 0 Å². The van der Waals surface area contributed by atoms with E-state index in [1.807, 2.05) is 30.3 Å². The van der Waals surface area contributed by atoms with Gasteiger partial charge >= 0.3 is 6.01 Å². The number of rotatable bonds is 3. The molecule has 110 valence electrons. The standard InChI is InChI=1S/C15H12N4O2S/c1-20-8-6-9(16)13-12(7-8)22-15(18-13)19-14-17-10-4-2-3-5-11(10)21-14/h2-7H,16H2,1H3,(H,17,18,19). The number of nitrogens with two attached hydrogens (primary N) is 1. The molecule has 3 N–H and O–H groups in total. The van der Waals surface area contributed by atoms with Crippen molar-refractivity contribution in [2.75, 3.05) is 18.2 Å². The number of ether oxygens (including phenoxy) is 1. The third kappa shape index (κ3) is 2.11. The Kier molecular flexibility index (Phi) is 2.87. The Balaban J connectivity index is 1.73. The number of methoxy groups -OCH3 is 1. The molecule has 0 bridgehead atoms. The van der Waals surface area contributed by atoms with Crippen molar-refractivity contribution in [3.8, 4) is 5.75 Å². The highest BCUT2D eigenvalue weighted by molar-refractivity contribution is 7.22. The summed E-state index contributed by atoms with van der Waals surface area (Å²) in [7, 11) is 1.61. The summed E-state index contributed by atoms with van der Waals surface area (Å²) >= 11 is 1.46. The minimum atomic E-state index is 0.408. The molecule has 7 heteroatoms. The van der Waals surface area contributed by atoms with Gasteiger partial charge in [-0.25, -0.2) is 4.98 Å². The first kappa shape index (κ1) is 12.9. The second-order valence-electron chi connectivity index (χ2n) is 4.69. The zero-order valence-electron chi connectivity index (χ0n) is 11.7. The minimum Gasteiger partial charge on any atom is -0.497 e. The second kappa shape index (κ2) is 4.88. The number of anilines is 3. The summed E-state index contributed by atoms with van der Waals surface area (Å²) in [5, 5.41) is 3.75. The average Bonchev–Trinajstić information content (AvgIpc) is 3.10. The Morgan fingerprint density at radius 1 is 1.23 bits per heavy atom. The molecule has 0 amide bonds. The van der Waals surface area contributed by atoms with Crippen molar-refractivity contribution in [1.82, 2.24) is 9.97 Å². The summed E-state index contributed by atoms with van der Waals surface area (Å²) in [4.78, 5) is 8.85. The third-order valence-electron chi connectivity index (χ3n) is 3.24. The van der Waals surface area contributed by atoms with E-state index < -0.39 is 0 Å². The number of benzene rings is 2. The van der Waals surface area contributed by atoms with E-state index in [-0.39, 0.29) is 0 Å². The van der Waals surface area contributed by atoms with Crippen LogP contribution in [0.3, 0.4) is 0 Å². The van der Waals surface area contributed by atoms with E-state index in [4.69, 9.17) is 14.9 Å². The lowest BCUT2D eigenvalue weighted by molar-refractivity contribution is 0.415. The fourth-order valence-corrected chi connectivity index (χ4v) is 3.14. The van der Waals surface area contributed by atoms with Crippen LogP contribution in [0.5, 0.6) is 5.75 Å². The van der Waals surface area contributed by atoms with Gasteiger partial charge in [-0.1, -0.05) is 23.5 Å². The monoisotopic (exact) mass is 312 g/mol. The molecule has 6 nitrogen and oxygen atoms in total. The number of nitrogens with one attached hydrogen (secondary N) is 1. The Morgan fingerprint density at radius 3 is 2.91 bits per heavy atom. The lowest BCUT2D eigenvalue weighted by atomic mass is 10.3. The van der Waals surface area contributed by atoms with Crippen LogP contribution in [0.2, 0.25) is 0 Å². The Hall–Kier alpha value is -2.80. The molecular formula is C15H12N4O2S. The molecule has 0 saturated heterocycles. The van der Waals surface area contributed by atoms with Gasteiger partial charge in [-0.2, -0.15) is 4.98 Å². The van der Waals surface area contributed by atoms with Crippen LogP contribution in [0, 0.1) is 0 Å². The maximum absolute atomic E-state index is 6.00. The zero-order chi connectivity index (χ0) is 15.1. The van der Waals surface area contributed by atoms with E-state index in [1.165, 1.54) is 11.3 Å². The lowest BCUT2D eigenvalue weighted by Crippen LogP contribution is -1.91. The largest absolute Gasteiger partial charge is 0.497 e. The van der Waals surface area contributed by atoms with E-state index in [2.05, 4.69) is 15.3 Å². The van der Waals surface area contributed by atoms with Gasteiger partial charge in [0.15, 0.2) is 10.7 Å². The molecule has 4 rings (SSSR count). The van der Waals surface area contributed by atoms with Gasteiger partial charge in [0, 0.05) is 6.07 Å². The molecule has 22 heavy (non-hydrogen) atoms. The van der Waals surface area contributed by atoms with Crippen LogP contribution in [-0.4, -0.2) is 17.1 Å². The SMILES string of the molecule is COc1cc(N)c2nc(Nc3nc4ccccc4o3)sc2c1. The van der Waals surface area contributed by atoms with Gasteiger partial charge in [0.2, 0.25) is 0 Å². The second-order valence-corrected chi connectivity index (χ2v) is 5.72. The molecule has 0 atom stereocenters. The van der Waals surface area contributed by atoms with Crippen LogP contribution >= 0.6 is 11.3 Å². The number of oxazole rings is 1. The molecule has 2 aromatic carbocycles. The zero-order valence-corrected chi connectivity index (χ0v) is 12.5. The summed E-state index contributed by atoms with van der Waals surface area (Å²) in [6.45, 7) is 0. The Morgan fingerprint density at radius 2 is 2.09 bits per heavy atom. The number of nitrogen functional groups attached to an aromatic ring is 1. The number of fused-ring (bicyclic) bond motifs is 2. The first-order chi connectivity index (χ1) is 10.7. The van der Waals surface area contributed by atoms with Crippen LogP contribution in [-0.2, 0) is 0 Å². The van der Waals surface area contributed by atoms with Gasteiger partial charge in [0.1, 0.15) is 16.8 Å². The van der Waals surface area contributed by atoms with Gasteiger partial charge in [0.05, 0.1) is 17.5 Å². The van der Waals surface area contributed by atoms with Crippen LogP contribution in [0.4, 0.5) is 16.8 Å². The van der Waals surface area contributed by atoms with Gasteiger partial charge < -0.3 is 14.9 Å². The summed E-state index contributed by atoms with van der Waals surface area (Å²) in [6, 6.07) is 11.7. The summed E-state index contributed by atoms with van der Waals surface area (Å²) < 4.78 is 11.8. The molecule has 0 radical (unpaired) electrons. The average molecular weight is 312 g/mol. The van der Waals surface area contributed by atoms with Gasteiger partial charge in [-0.15, -0.1) is 0 Å². The quantitative estimate of drug-likeness (QED) is 0.560. The van der Waals surface area contributed by atoms with E-state index in [0.29, 0.717) is 22.6 Å². The predicted octanol–water partition coefficient (Wildman–Crippen LogP) is 3.77. The molecule has 0 aliphatic heterocycles. The Bertz CT molecular complexity index is 943. The number of hydrogen-bond acceptors (Lipinski definition) is 7. The van der Waals surface area contributed by atoms with Crippen molar-refractivity contribution in [3.63, 3.8) is 0 Å². The van der Waals surface area contributed by atoms with Gasteiger partial charge in [-0.3, -0.25) is 5.32 Å². The number of para-hydroxylation sites is 2. The molecule has 0 fully saturated rings. The molecule has 0 spiro atoms. The highest BCUT2D eigenvalue weighted by Crippen LogP contribution is 2.34. The number of nitrogens with zero attached hydrogens (tertiary/aromatic N) is 2. The maximum Gasteiger partial charge on any atom is 0.302 e. The highest BCUT2D eigenvalue weighted by atomic mass is 32.1. The van der Waals surface area contributed by atoms with Crippen molar-refractivity contribution in [2.24, 2.45) is 0 Å². The van der Waals surface area contributed by atoms with Crippen LogP contribution in [0.25, 0.3) is 21.3 Å². The first-order valence-electron chi connectivity index (χ1n) is 6.59. The van der Waals surface area contributed by atoms with Crippen molar-refractivity contribution in [1.29, 1.82) is 0 Å². The molecule has 2 heterocycles. The molecule has 4 aromatic rings. The van der Waals surface area contributed by atoms with Crippen molar-refractivity contribution in [2.45, 2.75) is 0 Å². The predicted molar refractivity (Wildman–Crippen MR) is 87.9 cm³/mol. The summed E-state index contributed by atoms with van der Waals surface area (Å²) in [5.41, 5.74) is 8.85. The summed E-state index contributed by atoms with van der Waals surface area (Å²) in [6.07, 6.45) is 0. The van der Waals surface area contributed by atoms with Crippen LogP contribution in [0.15, 0.2) is 40.8 Å². The van der Waals surface area contributed by atoms with E-state index in [1.54, 1.807) is 13.2 Å². The molecular weight excluding hydrogens is 300 g/mol. The lowest BCUT2D eigenvalue weighted by Gasteiger charge is -2.00. The van der Waals surface area contributed by atoms with Crippen molar-refractivity contribution < 1.29 is 9.15 Å². The number of thiazole rings is 1. The third-order valence-corrected chi connectivity index (χ3v) is 4.16. The van der Waals surface area contributed by atoms with Crippen molar-refractivity contribution in [3.05, 3.63) is 36.4 Å². The fourth-order valence-electron chi connectivity index (χ4n) is 2.22. The van der Waals surface area contributed by atoms with Gasteiger partial charge in [0.25, 0.3) is 0 Å². The molecule has 2 aromatic heterocycles. The smallest absolute Gasteiger partial charge is 0.302 e. The molecule has 0 aliphatic carbocycles. The fraction of sp³-hybridized carbons (Fsp3) is 0.0667. The van der Waals surface area contributed by atoms with Crippen LogP contribution in [0.1, 0.15) is 0 Å². The maximum atomic E-state index is 6.00. The Labute approximate surface area is 129 Å². The van der Waals surface area contributed by atoms with Crippen molar-refractivity contribution >= 4 is 49.5 Å². The molecule has 0 aliphatic rings. The highest BCUT2D eigenvalue weighted by Gasteiger charge is 2.11. The van der Waals surface area contributed by atoms with E-state index in [0.717, 1.165) is 21.3 Å².